The van der Waals surface area contributed by atoms with Gasteiger partial charge in [-0.3, -0.25) is 0 Å². The first kappa shape index (κ1) is 20.5. The molecule has 0 aromatic rings. The molecule has 0 amide bonds. The molecule has 0 saturated carbocycles. The predicted octanol–water partition coefficient (Wildman–Crippen LogP) is 7.59. The van der Waals surface area contributed by atoms with E-state index in [1.54, 1.807) is 0 Å². The van der Waals surface area contributed by atoms with Gasteiger partial charge < -0.3 is 0 Å². The second-order valence-electron chi connectivity index (χ2n) is 5.95. The van der Waals surface area contributed by atoms with Crippen molar-refractivity contribution in [2.75, 3.05) is 0 Å². The number of rotatable bonds is 14. The molecule has 0 fully saturated rings. The quantitative estimate of drug-likeness (QED) is 0.229. The van der Waals surface area contributed by atoms with Crippen molar-refractivity contribution in [1.82, 2.24) is 0 Å². The minimum atomic E-state index is -3.97. The summed E-state index contributed by atoms with van der Waals surface area (Å²) in [5.41, 5.74) is 0. The number of halogens is 3. The van der Waals surface area contributed by atoms with E-state index in [2.05, 4.69) is 19.1 Å². The summed E-state index contributed by atoms with van der Waals surface area (Å²) in [5, 5.41) is 0. The Kier molecular flexibility index (Phi) is 14.1. The van der Waals surface area contributed by atoms with Gasteiger partial charge in [0.2, 0.25) is 0 Å². The van der Waals surface area contributed by atoms with Gasteiger partial charge in [-0.15, -0.1) is 0 Å². The number of hydrogen-bond acceptors (Lipinski definition) is 0. The fourth-order valence-electron chi connectivity index (χ4n) is 2.40. The lowest BCUT2D eigenvalue weighted by molar-refractivity contribution is -0.135. The first-order valence-electron chi connectivity index (χ1n) is 8.78. The summed E-state index contributed by atoms with van der Waals surface area (Å²) >= 11 is 0. The van der Waals surface area contributed by atoms with Crippen LogP contribution in [0.25, 0.3) is 0 Å². The molecule has 0 atom stereocenters. The van der Waals surface area contributed by atoms with E-state index >= 15 is 0 Å². The molecule has 0 rings (SSSR count). The lowest BCUT2D eigenvalue weighted by atomic mass is 10.1. The van der Waals surface area contributed by atoms with Crippen molar-refractivity contribution in [3.8, 4) is 0 Å². The number of allylic oxidation sites excluding steroid dienone is 2. The van der Waals surface area contributed by atoms with Gasteiger partial charge in [0.25, 0.3) is 0 Å². The number of hydrogen-bond donors (Lipinski definition) is 0. The van der Waals surface area contributed by atoms with Crippen LogP contribution < -0.4 is 0 Å². The fourth-order valence-corrected chi connectivity index (χ4v) is 2.40. The van der Waals surface area contributed by atoms with Gasteiger partial charge in [0.1, 0.15) is 0 Å². The van der Waals surface area contributed by atoms with Gasteiger partial charge >= 0.3 is 6.18 Å². The topological polar surface area (TPSA) is 0 Å². The van der Waals surface area contributed by atoms with Crippen molar-refractivity contribution in [3.05, 3.63) is 12.2 Å². The van der Waals surface area contributed by atoms with Crippen molar-refractivity contribution < 1.29 is 13.2 Å². The second-order valence-corrected chi connectivity index (χ2v) is 5.95. The van der Waals surface area contributed by atoms with E-state index in [9.17, 15) is 13.2 Å². The Labute approximate surface area is 129 Å². The highest BCUT2D eigenvalue weighted by atomic mass is 19.4. The molecular formula is C18H33F3. The fraction of sp³-hybridized carbons (Fsp3) is 0.889. The first-order chi connectivity index (χ1) is 10.1. The van der Waals surface area contributed by atoms with Crippen molar-refractivity contribution in [3.63, 3.8) is 0 Å². The summed E-state index contributed by atoms with van der Waals surface area (Å²) in [5.74, 6) is 0. The summed E-state index contributed by atoms with van der Waals surface area (Å²) in [6.45, 7) is 2.24. The monoisotopic (exact) mass is 306 g/mol. The Morgan fingerprint density at radius 1 is 0.619 bits per heavy atom. The standard InChI is InChI=1S/C18H33F3/c1-2-3-4-5-6-7-8-9-10-11-12-13-14-15-16-17-18(19,20)21/h9-10H,2-8,11-17H2,1H3/b10-9-. The number of alkyl halides is 3. The normalized spacial score (nSPS) is 12.4. The van der Waals surface area contributed by atoms with Crippen LogP contribution in [-0.4, -0.2) is 6.18 Å². The van der Waals surface area contributed by atoms with E-state index in [0.717, 1.165) is 25.7 Å². The Hall–Kier alpha value is -0.470. The molecule has 0 aromatic carbocycles. The molecule has 0 spiro atoms. The third kappa shape index (κ3) is 19.5. The van der Waals surface area contributed by atoms with Crippen molar-refractivity contribution in [2.45, 2.75) is 103 Å². The summed E-state index contributed by atoms with van der Waals surface area (Å²) < 4.78 is 35.7. The smallest absolute Gasteiger partial charge is 0.171 e. The van der Waals surface area contributed by atoms with E-state index in [1.165, 1.54) is 44.9 Å². The summed E-state index contributed by atoms with van der Waals surface area (Å²) in [6.07, 6.45) is 14.3. The lowest BCUT2D eigenvalue weighted by Gasteiger charge is -2.05. The van der Waals surface area contributed by atoms with Gasteiger partial charge in [-0.05, 0) is 32.1 Å². The van der Waals surface area contributed by atoms with E-state index < -0.39 is 12.6 Å². The van der Waals surface area contributed by atoms with Crippen LogP contribution in [0.15, 0.2) is 12.2 Å². The Balaban J connectivity index is 3.12. The van der Waals surface area contributed by atoms with Crippen molar-refractivity contribution in [2.24, 2.45) is 0 Å². The largest absolute Gasteiger partial charge is 0.389 e. The van der Waals surface area contributed by atoms with E-state index in [0.29, 0.717) is 6.42 Å². The molecule has 0 nitrogen and oxygen atoms in total. The highest BCUT2D eigenvalue weighted by molar-refractivity contribution is 4.81. The molecule has 0 N–H and O–H groups in total. The highest BCUT2D eigenvalue weighted by Gasteiger charge is 2.25. The SMILES string of the molecule is CCCCCCCC/C=C\CCCCCCCC(F)(F)F. The molecule has 126 valence electrons. The van der Waals surface area contributed by atoms with Gasteiger partial charge in [-0.1, -0.05) is 70.4 Å². The van der Waals surface area contributed by atoms with Crippen LogP contribution in [0, 0.1) is 0 Å². The Morgan fingerprint density at radius 3 is 1.52 bits per heavy atom. The molecule has 3 heteroatoms. The van der Waals surface area contributed by atoms with Gasteiger partial charge in [0.15, 0.2) is 0 Å². The van der Waals surface area contributed by atoms with Gasteiger partial charge in [-0.2, -0.15) is 13.2 Å². The number of unbranched alkanes of at least 4 members (excludes halogenated alkanes) is 11. The van der Waals surface area contributed by atoms with Crippen molar-refractivity contribution >= 4 is 0 Å². The molecular weight excluding hydrogens is 273 g/mol. The molecule has 21 heavy (non-hydrogen) atoms. The molecule has 0 heterocycles. The van der Waals surface area contributed by atoms with Crippen LogP contribution in [0.3, 0.4) is 0 Å². The molecule has 0 aliphatic heterocycles. The van der Waals surface area contributed by atoms with Crippen LogP contribution in [0.4, 0.5) is 13.2 Å². The van der Waals surface area contributed by atoms with Gasteiger partial charge in [-0.25, -0.2) is 0 Å². The Morgan fingerprint density at radius 2 is 1.05 bits per heavy atom. The third-order valence-electron chi connectivity index (χ3n) is 3.72. The Bertz CT molecular complexity index is 231. The summed E-state index contributed by atoms with van der Waals surface area (Å²) in [7, 11) is 0. The zero-order valence-corrected chi connectivity index (χ0v) is 13.7. The molecule has 0 aliphatic rings. The zero-order valence-electron chi connectivity index (χ0n) is 13.7. The average Bonchev–Trinajstić information content (AvgIpc) is 2.42. The van der Waals surface area contributed by atoms with E-state index in [-0.39, 0.29) is 6.42 Å². The molecule has 0 radical (unpaired) electrons. The lowest BCUT2D eigenvalue weighted by Crippen LogP contribution is -2.06. The van der Waals surface area contributed by atoms with Crippen LogP contribution in [0.2, 0.25) is 0 Å². The summed E-state index contributed by atoms with van der Waals surface area (Å²) in [4.78, 5) is 0. The van der Waals surface area contributed by atoms with Crippen LogP contribution in [0.1, 0.15) is 96.8 Å². The molecule has 0 aromatic heterocycles. The average molecular weight is 306 g/mol. The van der Waals surface area contributed by atoms with Crippen LogP contribution in [-0.2, 0) is 0 Å². The molecule has 0 bridgehead atoms. The maximum Gasteiger partial charge on any atom is 0.389 e. The van der Waals surface area contributed by atoms with Gasteiger partial charge in [0.05, 0.1) is 0 Å². The maximum absolute atomic E-state index is 11.9. The zero-order chi connectivity index (χ0) is 15.8. The molecule has 0 aliphatic carbocycles. The van der Waals surface area contributed by atoms with E-state index in [1.807, 2.05) is 0 Å². The first-order valence-corrected chi connectivity index (χ1v) is 8.78. The van der Waals surface area contributed by atoms with Gasteiger partial charge in [0, 0.05) is 6.42 Å². The predicted molar refractivity (Wildman–Crippen MR) is 85.5 cm³/mol. The second kappa shape index (κ2) is 14.5. The minimum Gasteiger partial charge on any atom is -0.171 e. The summed E-state index contributed by atoms with van der Waals surface area (Å²) in [6, 6.07) is 0. The van der Waals surface area contributed by atoms with Crippen LogP contribution in [0.5, 0.6) is 0 Å². The van der Waals surface area contributed by atoms with Crippen LogP contribution >= 0.6 is 0 Å². The minimum absolute atomic E-state index is 0.289. The van der Waals surface area contributed by atoms with E-state index in [4.69, 9.17) is 0 Å². The third-order valence-corrected chi connectivity index (χ3v) is 3.72. The molecule has 0 unspecified atom stereocenters. The highest BCUT2D eigenvalue weighted by Crippen LogP contribution is 2.23. The molecule has 0 saturated heterocycles. The van der Waals surface area contributed by atoms with Crippen molar-refractivity contribution in [1.29, 1.82) is 0 Å². The maximum atomic E-state index is 11.9.